The number of ether oxygens (including phenoxy) is 2. The zero-order valence-corrected chi connectivity index (χ0v) is 13.0. The maximum atomic E-state index is 6.24. The number of fused-ring (bicyclic) bond motifs is 1. The molecule has 0 fully saturated rings. The summed E-state index contributed by atoms with van der Waals surface area (Å²) < 4.78 is 12.4. The van der Waals surface area contributed by atoms with Crippen molar-refractivity contribution in [2.24, 2.45) is 5.92 Å². The first-order valence-corrected chi connectivity index (χ1v) is 7.04. The van der Waals surface area contributed by atoms with Crippen molar-refractivity contribution in [1.29, 1.82) is 0 Å². The van der Waals surface area contributed by atoms with Crippen LogP contribution in [-0.4, -0.2) is 35.4 Å². The van der Waals surface area contributed by atoms with Crippen LogP contribution in [0.25, 0.3) is 11.2 Å². The second-order valence-electron chi connectivity index (χ2n) is 4.95. The van der Waals surface area contributed by atoms with Gasteiger partial charge in [-0.3, -0.25) is 0 Å². The zero-order valence-electron chi connectivity index (χ0n) is 12.3. The van der Waals surface area contributed by atoms with Crippen LogP contribution in [0.15, 0.2) is 12.1 Å². The Balaban J connectivity index is 2.48. The number of aromatic nitrogens is 3. The van der Waals surface area contributed by atoms with E-state index in [2.05, 4.69) is 21.5 Å². The third-order valence-electron chi connectivity index (χ3n) is 3.11. The molecule has 0 bridgehead atoms. The molecule has 2 unspecified atom stereocenters. The molecule has 0 aliphatic rings. The Morgan fingerprint density at radius 3 is 2.60 bits per heavy atom. The summed E-state index contributed by atoms with van der Waals surface area (Å²) >= 11 is 6.24. The summed E-state index contributed by atoms with van der Waals surface area (Å²) in [4.78, 5) is 9.06. The van der Waals surface area contributed by atoms with Gasteiger partial charge in [-0.15, -0.1) is 11.6 Å². The van der Waals surface area contributed by atoms with Gasteiger partial charge in [0.1, 0.15) is 11.3 Å². The number of halogens is 1. The molecule has 110 valence electrons. The van der Waals surface area contributed by atoms with Gasteiger partial charge >= 0.3 is 0 Å². The van der Waals surface area contributed by atoms with E-state index < -0.39 is 0 Å². The van der Waals surface area contributed by atoms with Crippen molar-refractivity contribution in [1.82, 2.24) is 14.5 Å². The monoisotopic (exact) mass is 297 g/mol. The van der Waals surface area contributed by atoms with E-state index in [1.165, 1.54) is 0 Å². The van der Waals surface area contributed by atoms with E-state index in [0.717, 1.165) is 23.5 Å². The minimum absolute atomic E-state index is 0.176. The quantitative estimate of drug-likeness (QED) is 0.769. The first-order valence-electron chi connectivity index (χ1n) is 6.61. The lowest BCUT2D eigenvalue weighted by atomic mass is 10.2. The molecule has 0 aliphatic heterocycles. The number of hydrogen-bond acceptors (Lipinski definition) is 4. The fourth-order valence-corrected chi connectivity index (χ4v) is 2.41. The molecule has 20 heavy (non-hydrogen) atoms. The van der Waals surface area contributed by atoms with Gasteiger partial charge in [-0.1, -0.05) is 6.92 Å². The number of pyridine rings is 1. The van der Waals surface area contributed by atoms with Gasteiger partial charge < -0.3 is 14.0 Å². The highest BCUT2D eigenvalue weighted by Crippen LogP contribution is 2.26. The van der Waals surface area contributed by atoms with Crippen molar-refractivity contribution in [3.8, 4) is 5.88 Å². The van der Waals surface area contributed by atoms with E-state index in [-0.39, 0.29) is 5.38 Å². The average molecular weight is 298 g/mol. The molecule has 0 saturated carbocycles. The third kappa shape index (κ3) is 3.04. The highest BCUT2D eigenvalue weighted by atomic mass is 35.5. The van der Waals surface area contributed by atoms with E-state index in [4.69, 9.17) is 21.1 Å². The van der Waals surface area contributed by atoms with Crippen LogP contribution in [0.4, 0.5) is 0 Å². The molecule has 0 spiro atoms. The molecule has 0 amide bonds. The van der Waals surface area contributed by atoms with Crippen molar-refractivity contribution in [2.45, 2.75) is 25.8 Å². The smallest absolute Gasteiger partial charge is 0.215 e. The molecule has 0 saturated heterocycles. The Hall–Kier alpha value is -1.33. The first-order chi connectivity index (χ1) is 9.56. The Kier molecular flexibility index (Phi) is 4.83. The zero-order chi connectivity index (χ0) is 14.7. The third-order valence-corrected chi connectivity index (χ3v) is 3.30. The summed E-state index contributed by atoms with van der Waals surface area (Å²) in [5, 5.41) is -0.176. The highest BCUT2D eigenvalue weighted by molar-refractivity contribution is 6.20. The van der Waals surface area contributed by atoms with Gasteiger partial charge in [0.15, 0.2) is 5.65 Å². The summed E-state index contributed by atoms with van der Waals surface area (Å²) in [7, 11) is 3.31. The normalized spacial score (nSPS) is 14.4. The minimum atomic E-state index is -0.176. The van der Waals surface area contributed by atoms with E-state index in [0.29, 0.717) is 18.4 Å². The van der Waals surface area contributed by atoms with Crippen molar-refractivity contribution >= 4 is 22.8 Å². The number of rotatable bonds is 6. The number of nitrogens with zero attached hydrogens (tertiary/aromatic N) is 3. The van der Waals surface area contributed by atoms with Crippen molar-refractivity contribution in [3.63, 3.8) is 0 Å². The van der Waals surface area contributed by atoms with Crippen LogP contribution in [0.1, 0.15) is 25.0 Å². The standard InChI is InChI=1S/C14H20ClN3O2/c1-9(8-19-3)7-18-13(10(2)15)16-11-5-6-12(20-4)17-14(11)18/h5-6,9-10H,7-8H2,1-4H3. The predicted octanol–water partition coefficient (Wildman–Crippen LogP) is 3.02. The van der Waals surface area contributed by atoms with Crippen molar-refractivity contribution in [2.75, 3.05) is 20.8 Å². The van der Waals surface area contributed by atoms with Gasteiger partial charge in [0, 0.05) is 19.7 Å². The van der Waals surface area contributed by atoms with Gasteiger partial charge in [-0.05, 0) is 18.9 Å². The van der Waals surface area contributed by atoms with Crippen LogP contribution in [-0.2, 0) is 11.3 Å². The van der Waals surface area contributed by atoms with Crippen molar-refractivity contribution in [3.05, 3.63) is 18.0 Å². The Morgan fingerprint density at radius 2 is 2.00 bits per heavy atom. The number of hydrogen-bond donors (Lipinski definition) is 0. The molecule has 0 aromatic carbocycles. The van der Waals surface area contributed by atoms with Crippen LogP contribution in [0, 0.1) is 5.92 Å². The van der Waals surface area contributed by atoms with Crippen LogP contribution in [0.2, 0.25) is 0 Å². The molecule has 2 aromatic heterocycles. The lowest BCUT2D eigenvalue weighted by Crippen LogP contribution is -2.15. The van der Waals surface area contributed by atoms with Gasteiger partial charge in [-0.25, -0.2) is 4.98 Å². The molecule has 2 heterocycles. The predicted molar refractivity (Wildman–Crippen MR) is 79.4 cm³/mol. The molecule has 0 radical (unpaired) electrons. The fourth-order valence-electron chi connectivity index (χ4n) is 2.25. The van der Waals surface area contributed by atoms with E-state index in [1.54, 1.807) is 20.3 Å². The minimum Gasteiger partial charge on any atom is -0.481 e. The maximum Gasteiger partial charge on any atom is 0.215 e. The fraction of sp³-hybridized carbons (Fsp3) is 0.571. The average Bonchev–Trinajstić information content (AvgIpc) is 2.77. The second-order valence-corrected chi connectivity index (χ2v) is 5.61. The summed E-state index contributed by atoms with van der Waals surface area (Å²) in [6.45, 7) is 5.48. The Labute approximate surface area is 123 Å². The summed E-state index contributed by atoms with van der Waals surface area (Å²) in [5.41, 5.74) is 1.63. The topological polar surface area (TPSA) is 49.2 Å². The maximum absolute atomic E-state index is 6.24. The van der Waals surface area contributed by atoms with Gasteiger partial charge in [0.25, 0.3) is 0 Å². The largest absolute Gasteiger partial charge is 0.481 e. The van der Waals surface area contributed by atoms with Crippen molar-refractivity contribution < 1.29 is 9.47 Å². The molecule has 2 atom stereocenters. The van der Waals surface area contributed by atoms with Gasteiger partial charge in [0.2, 0.25) is 5.88 Å². The SMILES string of the molecule is COCC(C)Cn1c(C(C)Cl)nc2ccc(OC)nc21. The van der Waals surface area contributed by atoms with Gasteiger partial charge in [0.05, 0.1) is 19.1 Å². The lowest BCUT2D eigenvalue weighted by Gasteiger charge is -2.15. The van der Waals surface area contributed by atoms with Crippen LogP contribution >= 0.6 is 11.6 Å². The molecule has 2 rings (SSSR count). The van der Waals surface area contributed by atoms with E-state index in [1.807, 2.05) is 13.0 Å². The molecule has 0 N–H and O–H groups in total. The Bertz CT molecular complexity index is 583. The molecular formula is C14H20ClN3O2. The number of alkyl halides is 1. The first kappa shape index (κ1) is 15.1. The summed E-state index contributed by atoms with van der Waals surface area (Å²) in [6.07, 6.45) is 0. The Morgan fingerprint density at radius 1 is 1.25 bits per heavy atom. The molecule has 6 heteroatoms. The number of imidazole rings is 1. The highest BCUT2D eigenvalue weighted by Gasteiger charge is 2.18. The summed E-state index contributed by atoms with van der Waals surface area (Å²) in [5.74, 6) is 1.75. The molecule has 5 nitrogen and oxygen atoms in total. The molecule has 2 aromatic rings. The van der Waals surface area contributed by atoms with Crippen LogP contribution < -0.4 is 4.74 Å². The second kappa shape index (κ2) is 6.41. The molecule has 0 aliphatic carbocycles. The van der Waals surface area contributed by atoms with Gasteiger partial charge in [-0.2, -0.15) is 4.98 Å². The van der Waals surface area contributed by atoms with Crippen LogP contribution in [0.5, 0.6) is 5.88 Å². The number of methoxy groups -OCH3 is 2. The summed E-state index contributed by atoms with van der Waals surface area (Å²) in [6, 6.07) is 3.71. The lowest BCUT2D eigenvalue weighted by molar-refractivity contribution is 0.151. The van der Waals surface area contributed by atoms with E-state index >= 15 is 0 Å². The van der Waals surface area contributed by atoms with E-state index in [9.17, 15) is 0 Å². The molecular weight excluding hydrogens is 278 g/mol. The van der Waals surface area contributed by atoms with Crippen LogP contribution in [0.3, 0.4) is 0 Å².